The Hall–Kier alpha value is -9.94. The van der Waals surface area contributed by atoms with Crippen molar-refractivity contribution in [1.82, 2.24) is 13.7 Å². The Morgan fingerprint density at radius 3 is 1.35 bits per heavy atom. The van der Waals surface area contributed by atoms with Gasteiger partial charge in [-0.25, -0.2) is 0 Å². The van der Waals surface area contributed by atoms with Gasteiger partial charge < -0.3 is 18.1 Å². The van der Waals surface area contributed by atoms with Crippen LogP contribution in [0.4, 0.5) is 0 Å². The maximum atomic E-state index is 6.19. The molecule has 5 heterocycles. The van der Waals surface area contributed by atoms with E-state index in [1.54, 1.807) is 0 Å². The molecule has 0 aliphatic carbocycles. The van der Waals surface area contributed by atoms with E-state index in [2.05, 4.69) is 262 Å². The molecule has 0 aliphatic heterocycles. The molecular formula is C72H43N3OS. The summed E-state index contributed by atoms with van der Waals surface area (Å²) in [6.07, 6.45) is 0. The highest BCUT2D eigenvalue weighted by atomic mass is 32.1. The lowest BCUT2D eigenvalue weighted by molar-refractivity contribution is 0.669. The van der Waals surface area contributed by atoms with Gasteiger partial charge in [0.05, 0.1) is 33.1 Å². The lowest BCUT2D eigenvalue weighted by Gasteiger charge is -2.11. The number of thiophene rings is 1. The van der Waals surface area contributed by atoms with Gasteiger partial charge in [-0.1, -0.05) is 146 Å². The number of furan rings is 1. The summed E-state index contributed by atoms with van der Waals surface area (Å²) in [5.74, 6) is 0. The largest absolute Gasteiger partial charge is 0.456 e. The Labute approximate surface area is 445 Å². The van der Waals surface area contributed by atoms with Crippen LogP contribution < -0.4 is 0 Å². The molecule has 17 aromatic rings. The predicted octanol–water partition coefficient (Wildman–Crippen LogP) is 20.2. The van der Waals surface area contributed by atoms with Crippen LogP contribution in [0.2, 0.25) is 0 Å². The molecule has 0 aliphatic rings. The fourth-order valence-corrected chi connectivity index (χ4v) is 14.0. The predicted molar refractivity (Wildman–Crippen MR) is 326 cm³/mol. The first-order valence-electron chi connectivity index (χ1n) is 26.3. The second kappa shape index (κ2) is 16.3. The molecule has 0 fully saturated rings. The monoisotopic (exact) mass is 997 g/mol. The molecule has 0 N–H and O–H groups in total. The zero-order chi connectivity index (χ0) is 50.3. The molecule has 0 unspecified atom stereocenters. The maximum Gasteiger partial charge on any atom is 0.135 e. The lowest BCUT2D eigenvalue weighted by atomic mass is 10.0. The number of para-hydroxylation sites is 5. The van der Waals surface area contributed by atoms with E-state index in [0.717, 1.165) is 33.3 Å². The van der Waals surface area contributed by atoms with Crippen LogP contribution in [0, 0.1) is 0 Å². The topological polar surface area (TPSA) is 27.9 Å². The summed E-state index contributed by atoms with van der Waals surface area (Å²) < 4.78 is 16.1. The molecule has 0 bridgehead atoms. The van der Waals surface area contributed by atoms with Gasteiger partial charge in [-0.2, -0.15) is 0 Å². The van der Waals surface area contributed by atoms with Crippen LogP contribution in [0.5, 0.6) is 0 Å². The molecule has 0 atom stereocenters. The number of rotatable bonds is 6. The summed E-state index contributed by atoms with van der Waals surface area (Å²) in [5, 5.41) is 12.4. The van der Waals surface area contributed by atoms with Crippen molar-refractivity contribution < 1.29 is 4.42 Å². The normalized spacial score (nSPS) is 12.2. The van der Waals surface area contributed by atoms with Crippen molar-refractivity contribution >= 4 is 119 Å². The molecule has 5 aromatic heterocycles. The molecule has 77 heavy (non-hydrogen) atoms. The van der Waals surface area contributed by atoms with E-state index in [-0.39, 0.29) is 0 Å². The molecule has 5 heteroatoms. The van der Waals surface area contributed by atoms with Crippen molar-refractivity contribution in [1.29, 1.82) is 0 Å². The maximum absolute atomic E-state index is 6.19. The van der Waals surface area contributed by atoms with Gasteiger partial charge in [-0.3, -0.25) is 0 Å². The molecular weight excluding hydrogens is 955 g/mol. The fraction of sp³-hybridized carbons (Fsp3) is 0. The third kappa shape index (κ3) is 6.32. The van der Waals surface area contributed by atoms with Crippen molar-refractivity contribution in [3.8, 4) is 50.4 Å². The lowest BCUT2D eigenvalue weighted by Crippen LogP contribution is -1.94. The standard InChI is InChI=1S/C72H43N3OS/c1-2-16-50(17-3-1)73-62-24-8-4-20-53(62)58-40-46(28-33-65(58)73)47-29-34-66-59(41-47)54-21-5-9-25-63(54)74(66)51-18-12-15-45(38-51)49-31-37-70-61(43-49)56-32-35-67-71(72(56)77-70)57-23-6-10-26-64(57)75(67)52-19-13-14-44(39-52)48-30-36-69-60(42-48)55-22-7-11-27-68(55)76-69/h1-43H. The van der Waals surface area contributed by atoms with Gasteiger partial charge in [-0.15, -0.1) is 11.3 Å². The summed E-state index contributed by atoms with van der Waals surface area (Å²) in [4.78, 5) is 0. The Kier molecular flexibility index (Phi) is 8.97. The molecule has 0 radical (unpaired) electrons. The molecule has 4 nitrogen and oxygen atoms in total. The van der Waals surface area contributed by atoms with Crippen molar-refractivity contribution in [3.05, 3.63) is 261 Å². The van der Waals surface area contributed by atoms with Gasteiger partial charge >= 0.3 is 0 Å². The molecule has 0 saturated heterocycles. The van der Waals surface area contributed by atoms with Gasteiger partial charge in [0.15, 0.2) is 0 Å². The van der Waals surface area contributed by atoms with Gasteiger partial charge in [0.1, 0.15) is 11.2 Å². The number of nitrogens with zero attached hydrogens (tertiary/aromatic N) is 3. The van der Waals surface area contributed by atoms with Crippen LogP contribution in [-0.2, 0) is 0 Å². The molecule has 0 saturated carbocycles. The third-order valence-electron chi connectivity index (χ3n) is 16.2. The van der Waals surface area contributed by atoms with Crippen LogP contribution in [0.1, 0.15) is 0 Å². The summed E-state index contributed by atoms with van der Waals surface area (Å²) in [5.41, 5.74) is 19.6. The van der Waals surface area contributed by atoms with Crippen LogP contribution in [0.15, 0.2) is 265 Å². The average Bonchev–Trinajstić information content (AvgIpc) is 4.46. The van der Waals surface area contributed by atoms with Gasteiger partial charge in [0.25, 0.3) is 0 Å². The number of aromatic nitrogens is 3. The Morgan fingerprint density at radius 1 is 0.247 bits per heavy atom. The second-order valence-electron chi connectivity index (χ2n) is 20.4. The fourth-order valence-electron chi connectivity index (χ4n) is 12.7. The molecule has 17 rings (SSSR count). The molecule has 0 amide bonds. The van der Waals surface area contributed by atoms with E-state index < -0.39 is 0 Å². The number of fused-ring (bicyclic) bond motifs is 16. The van der Waals surface area contributed by atoms with Crippen molar-refractivity contribution in [2.45, 2.75) is 0 Å². The van der Waals surface area contributed by atoms with Crippen molar-refractivity contribution in [3.63, 3.8) is 0 Å². The minimum absolute atomic E-state index is 0.908. The molecule has 12 aromatic carbocycles. The SMILES string of the molecule is c1ccc(-n2c3ccccc3c3cc(-c4ccc5c(c4)c4ccccc4n5-c4cccc(-c5ccc6sc7c(ccc8c7c7ccccc7n8-c7cccc(-c8ccc9oc%10ccccc%10c9c8)c7)c6c5)c4)ccc32)cc1. The van der Waals surface area contributed by atoms with E-state index in [9.17, 15) is 0 Å². The van der Waals surface area contributed by atoms with Crippen LogP contribution in [0.3, 0.4) is 0 Å². The zero-order valence-corrected chi connectivity index (χ0v) is 42.3. The summed E-state index contributed by atoms with van der Waals surface area (Å²) >= 11 is 1.90. The number of benzene rings is 12. The van der Waals surface area contributed by atoms with Crippen molar-refractivity contribution in [2.24, 2.45) is 0 Å². The summed E-state index contributed by atoms with van der Waals surface area (Å²) in [6.45, 7) is 0. The quantitative estimate of drug-likeness (QED) is 0.163. The number of hydrogen-bond acceptors (Lipinski definition) is 2. The minimum Gasteiger partial charge on any atom is -0.456 e. The van der Waals surface area contributed by atoms with E-state index in [4.69, 9.17) is 4.42 Å². The smallest absolute Gasteiger partial charge is 0.135 e. The van der Waals surface area contributed by atoms with Crippen LogP contribution in [-0.4, -0.2) is 13.7 Å². The van der Waals surface area contributed by atoms with Gasteiger partial charge in [0, 0.05) is 80.3 Å². The minimum atomic E-state index is 0.908. The average molecular weight is 998 g/mol. The van der Waals surface area contributed by atoms with E-state index >= 15 is 0 Å². The van der Waals surface area contributed by atoms with Gasteiger partial charge in [-0.05, 0) is 149 Å². The van der Waals surface area contributed by atoms with E-state index in [0.29, 0.717) is 0 Å². The first kappa shape index (κ1) is 42.4. The highest BCUT2D eigenvalue weighted by Crippen LogP contribution is 2.46. The highest BCUT2D eigenvalue weighted by molar-refractivity contribution is 7.26. The van der Waals surface area contributed by atoms with Crippen LogP contribution >= 0.6 is 11.3 Å². The first-order valence-corrected chi connectivity index (χ1v) is 27.1. The molecule has 0 spiro atoms. The Bertz CT molecular complexity index is 5290. The van der Waals surface area contributed by atoms with Crippen molar-refractivity contribution in [2.75, 3.05) is 0 Å². The summed E-state index contributed by atoms with van der Waals surface area (Å²) in [6, 6.07) is 95.7. The Balaban J connectivity index is 0.752. The summed E-state index contributed by atoms with van der Waals surface area (Å²) in [7, 11) is 0. The highest BCUT2D eigenvalue weighted by Gasteiger charge is 2.21. The zero-order valence-electron chi connectivity index (χ0n) is 41.5. The second-order valence-corrected chi connectivity index (χ2v) is 21.5. The first-order chi connectivity index (χ1) is 38.2. The van der Waals surface area contributed by atoms with E-state index in [1.165, 1.54) is 125 Å². The third-order valence-corrected chi connectivity index (χ3v) is 17.4. The van der Waals surface area contributed by atoms with E-state index in [1.807, 2.05) is 23.5 Å². The molecule has 358 valence electrons. The van der Waals surface area contributed by atoms with Crippen LogP contribution in [0.25, 0.3) is 158 Å². The van der Waals surface area contributed by atoms with Gasteiger partial charge in [0.2, 0.25) is 0 Å². The number of hydrogen-bond donors (Lipinski definition) is 0. The Morgan fingerprint density at radius 2 is 0.688 bits per heavy atom.